The number of carbonyl (C=O) groups excluding carboxylic acids is 1. The maximum atomic E-state index is 12.4. The van der Waals surface area contributed by atoms with Crippen LogP contribution in [0.3, 0.4) is 0 Å². The van der Waals surface area contributed by atoms with E-state index in [9.17, 15) is 4.79 Å². The van der Waals surface area contributed by atoms with Crippen molar-refractivity contribution < 1.29 is 13.9 Å². The monoisotopic (exact) mass is 334 g/mol. The molecule has 0 unspecified atom stereocenters. The third-order valence-electron chi connectivity index (χ3n) is 5.29. The first-order chi connectivity index (χ1) is 11.7. The first-order valence-corrected chi connectivity index (χ1v) is 9.34. The summed E-state index contributed by atoms with van der Waals surface area (Å²) < 4.78 is 10.8. The predicted molar refractivity (Wildman–Crippen MR) is 92.4 cm³/mol. The van der Waals surface area contributed by atoms with E-state index < -0.39 is 0 Å². The van der Waals surface area contributed by atoms with E-state index >= 15 is 0 Å². The summed E-state index contributed by atoms with van der Waals surface area (Å²) in [7, 11) is 1.68. The lowest BCUT2D eigenvalue weighted by Gasteiger charge is -2.33. The molecule has 1 saturated heterocycles. The minimum Gasteiger partial charge on any atom is -0.462 e. The number of furan rings is 1. The van der Waals surface area contributed by atoms with E-state index in [1.54, 1.807) is 7.11 Å². The van der Waals surface area contributed by atoms with Gasteiger partial charge in [-0.15, -0.1) is 0 Å². The molecule has 1 aromatic heterocycles. The van der Waals surface area contributed by atoms with Crippen molar-refractivity contribution in [2.75, 3.05) is 20.2 Å². The van der Waals surface area contributed by atoms with Gasteiger partial charge in [-0.3, -0.25) is 9.69 Å². The van der Waals surface area contributed by atoms with Crippen LogP contribution in [0.1, 0.15) is 56.5 Å². The number of hydrogen-bond acceptors (Lipinski definition) is 4. The zero-order chi connectivity index (χ0) is 16.8. The van der Waals surface area contributed by atoms with E-state index in [1.165, 1.54) is 19.3 Å². The van der Waals surface area contributed by atoms with E-state index in [1.807, 2.05) is 12.1 Å². The number of likely N-dealkylation sites (tertiary alicyclic amines) is 1. The van der Waals surface area contributed by atoms with Gasteiger partial charge in [-0.1, -0.05) is 19.3 Å². The summed E-state index contributed by atoms with van der Waals surface area (Å²) in [4.78, 5) is 14.8. The van der Waals surface area contributed by atoms with Gasteiger partial charge < -0.3 is 14.5 Å². The Hall–Kier alpha value is -1.33. The molecule has 1 aliphatic heterocycles. The van der Waals surface area contributed by atoms with Crippen LogP contribution in [0.15, 0.2) is 16.5 Å². The molecule has 0 spiro atoms. The fourth-order valence-electron chi connectivity index (χ4n) is 3.87. The molecule has 0 radical (unpaired) electrons. The minimum atomic E-state index is 0.263. The lowest BCUT2D eigenvalue weighted by Crippen LogP contribution is -2.46. The SMILES string of the molecule is COCc1ccc(CN2CCC(NC(=O)C3CCCCC3)CC2)o1. The third-order valence-corrected chi connectivity index (χ3v) is 5.29. The molecule has 5 heteroatoms. The summed E-state index contributed by atoms with van der Waals surface area (Å²) in [6.07, 6.45) is 7.94. The van der Waals surface area contributed by atoms with Gasteiger partial charge in [0.25, 0.3) is 0 Å². The molecule has 134 valence electrons. The molecule has 3 rings (SSSR count). The summed E-state index contributed by atoms with van der Waals surface area (Å²) in [5.74, 6) is 2.43. The lowest BCUT2D eigenvalue weighted by atomic mass is 9.88. The van der Waals surface area contributed by atoms with Gasteiger partial charge in [0, 0.05) is 32.2 Å². The highest BCUT2D eigenvalue weighted by Gasteiger charge is 2.26. The molecule has 1 aromatic rings. The van der Waals surface area contributed by atoms with Gasteiger partial charge in [-0.2, -0.15) is 0 Å². The summed E-state index contributed by atoms with van der Waals surface area (Å²) in [5, 5.41) is 3.29. The first-order valence-electron chi connectivity index (χ1n) is 9.34. The molecule has 0 bridgehead atoms. The maximum Gasteiger partial charge on any atom is 0.223 e. The topological polar surface area (TPSA) is 54.7 Å². The Bertz CT molecular complexity index is 514. The number of piperidine rings is 1. The van der Waals surface area contributed by atoms with Crippen LogP contribution < -0.4 is 5.32 Å². The molecule has 2 aliphatic rings. The van der Waals surface area contributed by atoms with Crippen LogP contribution in [0.5, 0.6) is 0 Å². The molecule has 1 amide bonds. The molecule has 5 nitrogen and oxygen atoms in total. The predicted octanol–water partition coefficient (Wildman–Crippen LogP) is 3.09. The van der Waals surface area contributed by atoms with Crippen molar-refractivity contribution in [1.82, 2.24) is 10.2 Å². The van der Waals surface area contributed by atoms with Crippen molar-refractivity contribution in [2.45, 2.75) is 64.1 Å². The number of carbonyl (C=O) groups is 1. The van der Waals surface area contributed by atoms with Crippen molar-refractivity contribution in [3.8, 4) is 0 Å². The van der Waals surface area contributed by atoms with Gasteiger partial charge in [-0.05, 0) is 37.8 Å². The molecule has 2 fully saturated rings. The molecule has 1 saturated carbocycles. The largest absolute Gasteiger partial charge is 0.462 e. The highest BCUT2D eigenvalue weighted by Crippen LogP contribution is 2.24. The molecular weight excluding hydrogens is 304 g/mol. The van der Waals surface area contributed by atoms with Crippen molar-refractivity contribution in [3.63, 3.8) is 0 Å². The Balaban J connectivity index is 1.39. The van der Waals surface area contributed by atoms with Crippen molar-refractivity contribution in [3.05, 3.63) is 23.7 Å². The number of hydrogen-bond donors (Lipinski definition) is 1. The Morgan fingerprint density at radius 3 is 2.58 bits per heavy atom. The van der Waals surface area contributed by atoms with E-state index in [-0.39, 0.29) is 5.92 Å². The molecule has 1 N–H and O–H groups in total. The number of nitrogens with one attached hydrogen (secondary N) is 1. The van der Waals surface area contributed by atoms with E-state index in [4.69, 9.17) is 9.15 Å². The molecular formula is C19H30N2O3. The van der Waals surface area contributed by atoms with Gasteiger partial charge in [0.1, 0.15) is 18.1 Å². The zero-order valence-corrected chi connectivity index (χ0v) is 14.8. The summed E-state index contributed by atoms with van der Waals surface area (Å²) in [6.45, 7) is 3.38. The van der Waals surface area contributed by atoms with E-state index in [2.05, 4.69) is 10.2 Å². The third kappa shape index (κ3) is 4.84. The number of methoxy groups -OCH3 is 1. The number of amides is 1. The van der Waals surface area contributed by atoms with Gasteiger partial charge in [0.2, 0.25) is 5.91 Å². The van der Waals surface area contributed by atoms with Gasteiger partial charge >= 0.3 is 0 Å². The summed E-state index contributed by atoms with van der Waals surface area (Å²) in [5.41, 5.74) is 0. The quantitative estimate of drug-likeness (QED) is 0.868. The highest BCUT2D eigenvalue weighted by atomic mass is 16.5. The summed E-state index contributed by atoms with van der Waals surface area (Å²) >= 11 is 0. The van der Waals surface area contributed by atoms with Crippen LogP contribution in [0.4, 0.5) is 0 Å². The lowest BCUT2D eigenvalue weighted by molar-refractivity contribution is -0.127. The van der Waals surface area contributed by atoms with E-state index in [0.29, 0.717) is 18.6 Å². The zero-order valence-electron chi connectivity index (χ0n) is 14.8. The highest BCUT2D eigenvalue weighted by molar-refractivity contribution is 5.79. The standard InChI is InChI=1S/C19H30N2O3/c1-23-14-18-8-7-17(24-18)13-21-11-9-16(10-12-21)20-19(22)15-5-3-2-4-6-15/h7-8,15-16H,2-6,9-14H2,1H3,(H,20,22). The van der Waals surface area contributed by atoms with E-state index in [0.717, 1.165) is 56.8 Å². The van der Waals surface area contributed by atoms with Crippen molar-refractivity contribution in [2.24, 2.45) is 5.92 Å². The van der Waals surface area contributed by atoms with Crippen LogP contribution in [-0.4, -0.2) is 37.0 Å². The van der Waals surface area contributed by atoms with Crippen molar-refractivity contribution in [1.29, 1.82) is 0 Å². The molecule has 0 aromatic carbocycles. The Labute approximate surface area is 144 Å². The Morgan fingerprint density at radius 2 is 1.88 bits per heavy atom. The Kier molecular flexibility index (Phi) is 6.32. The fraction of sp³-hybridized carbons (Fsp3) is 0.737. The van der Waals surface area contributed by atoms with Crippen LogP contribution in [0.25, 0.3) is 0 Å². The van der Waals surface area contributed by atoms with Crippen LogP contribution in [0.2, 0.25) is 0 Å². The molecule has 1 aliphatic carbocycles. The summed E-state index contributed by atoms with van der Waals surface area (Å²) in [6, 6.07) is 4.36. The Morgan fingerprint density at radius 1 is 1.17 bits per heavy atom. The molecule has 24 heavy (non-hydrogen) atoms. The normalized spacial score (nSPS) is 21.0. The van der Waals surface area contributed by atoms with Crippen LogP contribution in [-0.2, 0) is 22.7 Å². The van der Waals surface area contributed by atoms with Gasteiger partial charge in [0.15, 0.2) is 0 Å². The average Bonchev–Trinajstić information content (AvgIpc) is 3.05. The fourth-order valence-corrected chi connectivity index (χ4v) is 3.87. The average molecular weight is 334 g/mol. The number of rotatable bonds is 6. The van der Waals surface area contributed by atoms with Gasteiger partial charge in [0.05, 0.1) is 6.54 Å². The molecule has 0 atom stereocenters. The second kappa shape index (κ2) is 8.67. The van der Waals surface area contributed by atoms with Crippen molar-refractivity contribution >= 4 is 5.91 Å². The maximum absolute atomic E-state index is 12.4. The van der Waals surface area contributed by atoms with Crippen LogP contribution >= 0.6 is 0 Å². The smallest absolute Gasteiger partial charge is 0.223 e. The number of nitrogens with zero attached hydrogens (tertiary/aromatic N) is 1. The minimum absolute atomic E-state index is 0.263. The second-order valence-corrected chi connectivity index (χ2v) is 7.19. The van der Waals surface area contributed by atoms with Crippen LogP contribution in [0, 0.1) is 5.92 Å². The second-order valence-electron chi connectivity index (χ2n) is 7.19. The van der Waals surface area contributed by atoms with Gasteiger partial charge in [-0.25, -0.2) is 0 Å². The first kappa shape index (κ1) is 17.5. The number of ether oxygens (including phenoxy) is 1. The molecule has 2 heterocycles.